The highest BCUT2D eigenvalue weighted by atomic mass is 16.6. The van der Waals surface area contributed by atoms with Crippen molar-refractivity contribution < 1.29 is 14.3 Å². The Bertz CT molecular complexity index is 471. The second kappa shape index (κ2) is 5.97. The molecule has 2 aliphatic heterocycles. The minimum atomic E-state index is -0.138. The van der Waals surface area contributed by atoms with Gasteiger partial charge in [-0.15, -0.1) is 0 Å². The van der Waals surface area contributed by atoms with E-state index in [0.717, 1.165) is 69.7 Å². The van der Waals surface area contributed by atoms with Crippen LogP contribution in [0.15, 0.2) is 11.6 Å². The molecule has 1 spiro atoms. The molecular weight excluding hydrogens is 278 g/mol. The smallest absolute Gasteiger partial charge is 0.249 e. The topological polar surface area (TPSA) is 38.8 Å². The number of likely N-dealkylation sites (tertiary alicyclic amines) is 1. The van der Waals surface area contributed by atoms with Crippen LogP contribution >= 0.6 is 0 Å². The van der Waals surface area contributed by atoms with Crippen LogP contribution < -0.4 is 0 Å². The maximum Gasteiger partial charge on any atom is 0.249 e. The van der Waals surface area contributed by atoms with Crippen LogP contribution in [0.3, 0.4) is 0 Å². The minimum Gasteiger partial charge on any atom is -0.375 e. The summed E-state index contributed by atoms with van der Waals surface area (Å²) in [5.41, 5.74) is 0.887. The van der Waals surface area contributed by atoms with E-state index in [4.69, 9.17) is 9.47 Å². The van der Waals surface area contributed by atoms with Crippen LogP contribution in [0.1, 0.15) is 51.4 Å². The zero-order valence-corrected chi connectivity index (χ0v) is 13.4. The number of hydrogen-bond acceptors (Lipinski definition) is 3. The molecule has 2 heterocycles. The third-order valence-electron chi connectivity index (χ3n) is 5.58. The molecule has 3 fully saturated rings. The Morgan fingerprint density at radius 3 is 3.09 bits per heavy atom. The summed E-state index contributed by atoms with van der Waals surface area (Å²) in [6, 6.07) is 0. The fourth-order valence-electron chi connectivity index (χ4n) is 4.09. The first kappa shape index (κ1) is 14.7. The first-order valence-corrected chi connectivity index (χ1v) is 8.98. The fraction of sp³-hybridized carbons (Fsp3) is 0.833. The molecule has 4 rings (SSSR count). The average Bonchev–Trinajstić information content (AvgIpc) is 3.05. The first-order chi connectivity index (χ1) is 10.7. The largest absolute Gasteiger partial charge is 0.375 e. The van der Waals surface area contributed by atoms with Gasteiger partial charge in [0.25, 0.3) is 0 Å². The molecule has 22 heavy (non-hydrogen) atoms. The Morgan fingerprint density at radius 2 is 2.32 bits per heavy atom. The molecule has 0 aromatic heterocycles. The van der Waals surface area contributed by atoms with Crippen LogP contribution in [0.25, 0.3) is 0 Å². The molecule has 0 unspecified atom stereocenters. The van der Waals surface area contributed by atoms with Crippen LogP contribution in [0, 0.1) is 5.92 Å². The number of carbonyl (C=O) groups excluding carboxylic acids is 1. The third-order valence-corrected chi connectivity index (χ3v) is 5.58. The van der Waals surface area contributed by atoms with Gasteiger partial charge in [0.1, 0.15) is 0 Å². The first-order valence-electron chi connectivity index (χ1n) is 8.98. The molecular formula is C18H27NO3. The maximum absolute atomic E-state index is 12.6. The van der Waals surface area contributed by atoms with Gasteiger partial charge >= 0.3 is 0 Å². The number of ether oxygens (including phenoxy) is 2. The lowest BCUT2D eigenvalue weighted by molar-refractivity contribution is -0.135. The average molecular weight is 305 g/mol. The van der Waals surface area contributed by atoms with Gasteiger partial charge in [-0.3, -0.25) is 4.79 Å². The Morgan fingerprint density at radius 1 is 1.41 bits per heavy atom. The van der Waals surface area contributed by atoms with Gasteiger partial charge in [-0.25, -0.2) is 0 Å². The molecule has 2 atom stereocenters. The second-order valence-corrected chi connectivity index (χ2v) is 7.55. The van der Waals surface area contributed by atoms with Gasteiger partial charge in [0, 0.05) is 25.1 Å². The molecule has 0 aromatic carbocycles. The number of hydrogen-bond donors (Lipinski definition) is 0. The Labute approximate surface area is 132 Å². The zero-order valence-electron chi connectivity index (χ0n) is 13.4. The fourth-order valence-corrected chi connectivity index (χ4v) is 4.09. The molecule has 122 valence electrons. The van der Waals surface area contributed by atoms with E-state index >= 15 is 0 Å². The van der Waals surface area contributed by atoms with E-state index in [2.05, 4.69) is 6.08 Å². The lowest BCUT2D eigenvalue weighted by atomic mass is 9.89. The van der Waals surface area contributed by atoms with Gasteiger partial charge in [-0.1, -0.05) is 6.08 Å². The van der Waals surface area contributed by atoms with Crippen molar-refractivity contribution in [3.8, 4) is 0 Å². The van der Waals surface area contributed by atoms with Gasteiger partial charge in [-0.2, -0.15) is 0 Å². The van der Waals surface area contributed by atoms with E-state index in [1.807, 2.05) is 4.90 Å². The van der Waals surface area contributed by atoms with E-state index < -0.39 is 0 Å². The molecule has 0 bridgehead atoms. The zero-order chi connectivity index (χ0) is 15.0. The lowest BCUT2D eigenvalue weighted by Gasteiger charge is -2.39. The Balaban J connectivity index is 1.34. The van der Waals surface area contributed by atoms with Gasteiger partial charge in [0.15, 0.2) is 0 Å². The predicted molar refractivity (Wildman–Crippen MR) is 83.5 cm³/mol. The molecule has 0 radical (unpaired) electrons. The molecule has 4 nitrogen and oxygen atoms in total. The number of carbonyl (C=O) groups is 1. The summed E-state index contributed by atoms with van der Waals surface area (Å²) in [5.74, 6) is 1.05. The van der Waals surface area contributed by atoms with E-state index in [1.165, 1.54) is 12.8 Å². The molecule has 2 aliphatic carbocycles. The van der Waals surface area contributed by atoms with Gasteiger partial charge in [-0.05, 0) is 50.9 Å². The van der Waals surface area contributed by atoms with E-state index in [9.17, 15) is 4.79 Å². The monoisotopic (exact) mass is 305 g/mol. The molecule has 0 N–H and O–H groups in total. The minimum absolute atomic E-state index is 0.138. The maximum atomic E-state index is 12.6. The Kier molecular flexibility index (Phi) is 3.99. The molecule has 4 heteroatoms. The number of nitrogens with zero attached hydrogens (tertiary/aromatic N) is 1. The van der Waals surface area contributed by atoms with Crippen molar-refractivity contribution in [3.05, 3.63) is 11.6 Å². The predicted octanol–water partition coefficient (Wildman–Crippen LogP) is 2.67. The Hall–Kier alpha value is -0.870. The number of rotatable bonds is 4. The van der Waals surface area contributed by atoms with E-state index in [1.54, 1.807) is 0 Å². The number of allylic oxidation sites excluding steroid dienone is 1. The summed E-state index contributed by atoms with van der Waals surface area (Å²) in [6.07, 6.45) is 11.3. The number of amides is 1. The molecule has 1 amide bonds. The van der Waals surface area contributed by atoms with Crippen molar-refractivity contribution in [3.63, 3.8) is 0 Å². The third kappa shape index (κ3) is 3.09. The van der Waals surface area contributed by atoms with Gasteiger partial charge in [0.05, 0.1) is 24.9 Å². The van der Waals surface area contributed by atoms with Gasteiger partial charge in [0.2, 0.25) is 5.91 Å². The normalized spacial score (nSPS) is 35.2. The van der Waals surface area contributed by atoms with Gasteiger partial charge < -0.3 is 14.4 Å². The molecule has 0 aromatic rings. The molecule has 1 saturated carbocycles. The lowest BCUT2D eigenvalue weighted by Crippen LogP contribution is -2.50. The van der Waals surface area contributed by atoms with Crippen molar-refractivity contribution in [2.24, 2.45) is 5.92 Å². The summed E-state index contributed by atoms with van der Waals surface area (Å²) >= 11 is 0. The molecule has 4 aliphatic rings. The van der Waals surface area contributed by atoms with Crippen molar-refractivity contribution in [1.82, 2.24) is 4.90 Å². The highest BCUT2D eigenvalue weighted by Crippen LogP contribution is 2.38. The van der Waals surface area contributed by atoms with Crippen LogP contribution in [0.4, 0.5) is 0 Å². The van der Waals surface area contributed by atoms with Crippen molar-refractivity contribution in [2.75, 3.05) is 26.3 Å². The van der Waals surface area contributed by atoms with Crippen molar-refractivity contribution >= 4 is 5.91 Å². The summed E-state index contributed by atoms with van der Waals surface area (Å²) in [4.78, 5) is 14.6. The SMILES string of the molecule is O=C(C1=CCCC1)N1CCC[C@]2(C[C@@H](OCC3CC3)CO2)C1. The van der Waals surface area contributed by atoms with Crippen LogP contribution in [-0.2, 0) is 14.3 Å². The van der Waals surface area contributed by atoms with E-state index in [0.29, 0.717) is 6.61 Å². The second-order valence-electron chi connectivity index (χ2n) is 7.55. The summed E-state index contributed by atoms with van der Waals surface area (Å²) < 4.78 is 12.2. The summed E-state index contributed by atoms with van der Waals surface area (Å²) in [6.45, 7) is 3.25. The van der Waals surface area contributed by atoms with Crippen LogP contribution in [0.5, 0.6) is 0 Å². The standard InChI is InChI=1S/C18H27NO3/c20-17(15-4-1-2-5-15)19-9-3-8-18(13-19)10-16(12-22-18)21-11-14-6-7-14/h4,14,16H,1-3,5-13H2/t16-,18+/m1/s1. The summed E-state index contributed by atoms with van der Waals surface area (Å²) in [5, 5.41) is 0. The van der Waals surface area contributed by atoms with Crippen molar-refractivity contribution in [1.29, 1.82) is 0 Å². The molecule has 2 saturated heterocycles. The van der Waals surface area contributed by atoms with Crippen LogP contribution in [0.2, 0.25) is 0 Å². The summed E-state index contributed by atoms with van der Waals surface area (Å²) in [7, 11) is 0. The van der Waals surface area contributed by atoms with E-state index in [-0.39, 0.29) is 17.6 Å². The number of piperidine rings is 1. The highest BCUT2D eigenvalue weighted by molar-refractivity contribution is 5.93. The highest BCUT2D eigenvalue weighted by Gasteiger charge is 2.45. The van der Waals surface area contributed by atoms with Crippen molar-refractivity contribution in [2.45, 2.75) is 63.1 Å². The van der Waals surface area contributed by atoms with Crippen LogP contribution in [-0.4, -0.2) is 48.8 Å². The quantitative estimate of drug-likeness (QED) is 0.801.